The van der Waals surface area contributed by atoms with Gasteiger partial charge in [0.2, 0.25) is 0 Å². The summed E-state index contributed by atoms with van der Waals surface area (Å²) in [6, 6.07) is 18.2. The number of pyridine rings is 1. The lowest BCUT2D eigenvalue weighted by molar-refractivity contribution is -0.144. The van der Waals surface area contributed by atoms with Gasteiger partial charge in [0.1, 0.15) is 6.54 Å². The normalized spacial score (nSPS) is 15.3. The number of fused-ring (bicyclic) bond motifs is 2. The molecule has 1 unspecified atom stereocenters. The number of piperazine rings is 1. The Morgan fingerprint density at radius 2 is 1.92 bits per heavy atom. The van der Waals surface area contributed by atoms with E-state index in [1.165, 1.54) is 4.70 Å². The second-order valence-electron chi connectivity index (χ2n) is 8.85. The third-order valence-corrected chi connectivity index (χ3v) is 7.66. The number of aromatic nitrogens is 6. The minimum atomic E-state index is -0.363. The molecule has 1 atom stereocenters. The van der Waals surface area contributed by atoms with Gasteiger partial charge in [-0.15, -0.1) is 5.10 Å². The molecule has 1 fully saturated rings. The number of thiazole rings is 1. The molecule has 4 heterocycles. The van der Waals surface area contributed by atoms with Gasteiger partial charge in [-0.25, -0.2) is 9.67 Å². The van der Waals surface area contributed by atoms with Crippen LogP contribution in [0.15, 0.2) is 60.8 Å². The van der Waals surface area contributed by atoms with Crippen molar-refractivity contribution in [2.75, 3.05) is 37.7 Å². The van der Waals surface area contributed by atoms with Gasteiger partial charge in [0.25, 0.3) is 0 Å². The van der Waals surface area contributed by atoms with Gasteiger partial charge in [0.15, 0.2) is 11.0 Å². The number of para-hydroxylation sites is 1. The molecular formula is C26H26N8O2S. The molecule has 1 aliphatic heterocycles. The summed E-state index contributed by atoms with van der Waals surface area (Å²) in [4.78, 5) is 26.3. The van der Waals surface area contributed by atoms with Gasteiger partial charge >= 0.3 is 5.97 Å². The zero-order chi connectivity index (χ0) is 25.2. The number of carbonyl (C=O) groups is 1. The van der Waals surface area contributed by atoms with Gasteiger partial charge in [-0.2, -0.15) is 0 Å². The van der Waals surface area contributed by atoms with Gasteiger partial charge in [-0.05, 0) is 53.2 Å². The maximum atomic E-state index is 12.3. The minimum absolute atomic E-state index is 0.0342. The molecule has 1 saturated heterocycles. The summed E-state index contributed by atoms with van der Waals surface area (Å²) in [7, 11) is 0. The van der Waals surface area contributed by atoms with E-state index in [-0.39, 0.29) is 18.6 Å². The quantitative estimate of drug-likeness (QED) is 0.303. The summed E-state index contributed by atoms with van der Waals surface area (Å²) >= 11 is 1.72. The van der Waals surface area contributed by atoms with E-state index in [2.05, 4.69) is 60.6 Å². The lowest BCUT2D eigenvalue weighted by Crippen LogP contribution is -2.48. The summed E-state index contributed by atoms with van der Waals surface area (Å²) in [5.74, 6) is 0.253. The first kappa shape index (κ1) is 23.4. The monoisotopic (exact) mass is 514 g/mol. The molecule has 10 nitrogen and oxygen atoms in total. The summed E-state index contributed by atoms with van der Waals surface area (Å²) in [5, 5.41) is 14.5. The number of rotatable bonds is 7. The Bertz CT molecular complexity index is 1510. The molecule has 0 amide bonds. The highest BCUT2D eigenvalue weighted by molar-refractivity contribution is 7.22. The van der Waals surface area contributed by atoms with Crippen molar-refractivity contribution in [1.82, 2.24) is 35.1 Å². The molecule has 0 aliphatic carbocycles. The number of benzene rings is 2. The summed E-state index contributed by atoms with van der Waals surface area (Å²) in [6.45, 7) is 5.29. The van der Waals surface area contributed by atoms with E-state index in [4.69, 9.17) is 9.72 Å². The van der Waals surface area contributed by atoms with E-state index >= 15 is 0 Å². The van der Waals surface area contributed by atoms with Gasteiger partial charge in [-0.1, -0.05) is 35.6 Å². The average Bonchev–Trinajstić information content (AvgIpc) is 3.56. The lowest BCUT2D eigenvalue weighted by Gasteiger charge is -2.38. The van der Waals surface area contributed by atoms with E-state index in [1.807, 2.05) is 24.3 Å². The molecule has 6 rings (SSSR count). The molecule has 37 heavy (non-hydrogen) atoms. The van der Waals surface area contributed by atoms with Crippen LogP contribution in [0.4, 0.5) is 5.13 Å². The van der Waals surface area contributed by atoms with Crippen LogP contribution in [0.25, 0.3) is 21.1 Å². The maximum Gasteiger partial charge on any atom is 0.327 e. The summed E-state index contributed by atoms with van der Waals surface area (Å²) in [6.07, 6.45) is 1.79. The maximum absolute atomic E-state index is 12.3. The number of carbonyl (C=O) groups excluding carboxylic acids is 1. The van der Waals surface area contributed by atoms with E-state index < -0.39 is 0 Å². The molecule has 0 N–H and O–H groups in total. The molecular weight excluding hydrogens is 488 g/mol. The van der Waals surface area contributed by atoms with E-state index in [1.54, 1.807) is 29.1 Å². The molecule has 11 heteroatoms. The van der Waals surface area contributed by atoms with Crippen molar-refractivity contribution in [3.63, 3.8) is 0 Å². The van der Waals surface area contributed by atoms with Gasteiger partial charge in [-0.3, -0.25) is 14.7 Å². The van der Waals surface area contributed by atoms with Crippen molar-refractivity contribution < 1.29 is 9.53 Å². The smallest absolute Gasteiger partial charge is 0.327 e. The van der Waals surface area contributed by atoms with Crippen LogP contribution < -0.4 is 4.90 Å². The van der Waals surface area contributed by atoms with E-state index in [9.17, 15) is 4.79 Å². The zero-order valence-electron chi connectivity index (χ0n) is 20.4. The summed E-state index contributed by atoms with van der Waals surface area (Å²) in [5.41, 5.74) is 3.01. The Kier molecular flexibility index (Phi) is 6.46. The summed E-state index contributed by atoms with van der Waals surface area (Å²) < 4.78 is 7.90. The van der Waals surface area contributed by atoms with Gasteiger partial charge in [0.05, 0.1) is 28.4 Å². The van der Waals surface area contributed by atoms with Crippen LogP contribution in [0.1, 0.15) is 24.4 Å². The Labute approximate surface area is 217 Å². The van der Waals surface area contributed by atoms with Crippen LogP contribution >= 0.6 is 11.3 Å². The first-order valence-electron chi connectivity index (χ1n) is 12.3. The Balaban J connectivity index is 1.31. The fourth-order valence-electron chi connectivity index (χ4n) is 4.80. The first-order valence-corrected chi connectivity index (χ1v) is 13.1. The number of nitrogens with zero attached hydrogens (tertiary/aromatic N) is 8. The van der Waals surface area contributed by atoms with Crippen molar-refractivity contribution in [3.8, 4) is 0 Å². The van der Waals surface area contributed by atoms with Crippen LogP contribution in [0.5, 0.6) is 0 Å². The highest BCUT2D eigenvalue weighted by atomic mass is 32.1. The molecule has 1 aliphatic rings. The van der Waals surface area contributed by atoms with Crippen molar-refractivity contribution >= 4 is 43.6 Å². The fraction of sp³-hybridized carbons (Fsp3) is 0.308. The van der Waals surface area contributed by atoms with Crippen molar-refractivity contribution in [3.05, 3.63) is 72.2 Å². The van der Waals surface area contributed by atoms with E-state index in [0.29, 0.717) is 12.4 Å². The highest BCUT2D eigenvalue weighted by Gasteiger charge is 2.32. The second-order valence-corrected chi connectivity index (χ2v) is 9.85. The lowest BCUT2D eigenvalue weighted by atomic mass is 10.0. The third kappa shape index (κ3) is 4.75. The van der Waals surface area contributed by atoms with Crippen LogP contribution in [-0.2, 0) is 16.1 Å². The number of hydrogen-bond donors (Lipinski definition) is 0. The molecule has 0 radical (unpaired) electrons. The highest BCUT2D eigenvalue weighted by Crippen LogP contribution is 2.33. The van der Waals surface area contributed by atoms with Crippen molar-refractivity contribution in [1.29, 1.82) is 0 Å². The number of hydrogen-bond acceptors (Lipinski definition) is 10. The number of tetrazole rings is 1. The Morgan fingerprint density at radius 1 is 1.05 bits per heavy atom. The predicted molar refractivity (Wildman–Crippen MR) is 141 cm³/mol. The average molecular weight is 515 g/mol. The topological polar surface area (TPSA) is 102 Å². The molecule has 0 saturated carbocycles. The Hall–Kier alpha value is -3.96. The SMILES string of the molecule is CCOC(=O)Cn1nnnc1C(c1ccc2ncccc2c1)N1CCN(c2nc3ccccc3s2)CC1. The minimum Gasteiger partial charge on any atom is -0.465 e. The van der Waals surface area contributed by atoms with Gasteiger partial charge in [0, 0.05) is 37.8 Å². The predicted octanol–water partition coefficient (Wildman–Crippen LogP) is 3.31. The van der Waals surface area contributed by atoms with Crippen LogP contribution in [0, 0.1) is 0 Å². The first-order chi connectivity index (χ1) is 18.2. The third-order valence-electron chi connectivity index (χ3n) is 6.56. The van der Waals surface area contributed by atoms with E-state index in [0.717, 1.165) is 53.3 Å². The molecule has 0 bridgehead atoms. The largest absolute Gasteiger partial charge is 0.465 e. The van der Waals surface area contributed by atoms with Crippen LogP contribution in [0.2, 0.25) is 0 Å². The number of esters is 1. The number of ether oxygens (including phenoxy) is 1. The second kappa shape index (κ2) is 10.2. The van der Waals surface area contributed by atoms with Gasteiger partial charge < -0.3 is 9.64 Å². The molecule has 0 spiro atoms. The molecule has 2 aromatic carbocycles. The molecule has 5 aromatic rings. The van der Waals surface area contributed by atoms with Crippen molar-refractivity contribution in [2.45, 2.75) is 19.5 Å². The van der Waals surface area contributed by atoms with Crippen LogP contribution in [0.3, 0.4) is 0 Å². The standard InChI is InChI=1S/C26H26N8O2S/c1-2-36-23(35)17-34-25(29-30-31-34)24(19-9-10-20-18(16-19)6-5-11-27-20)32-12-14-33(15-13-32)26-28-21-7-3-4-8-22(21)37-26/h3-11,16,24H,2,12-15,17H2,1H3. The van der Waals surface area contributed by atoms with Crippen LogP contribution in [-0.4, -0.2) is 73.8 Å². The Morgan fingerprint density at radius 3 is 2.76 bits per heavy atom. The number of anilines is 1. The molecule has 188 valence electrons. The van der Waals surface area contributed by atoms with Crippen molar-refractivity contribution in [2.24, 2.45) is 0 Å². The zero-order valence-corrected chi connectivity index (χ0v) is 21.2. The molecule has 3 aromatic heterocycles. The fourth-order valence-corrected chi connectivity index (χ4v) is 5.82.